The Balaban J connectivity index is 1.46. The zero-order valence-corrected chi connectivity index (χ0v) is 17.5. The van der Waals surface area contributed by atoms with Crippen LogP contribution >= 0.6 is 11.8 Å². The van der Waals surface area contributed by atoms with E-state index in [0.717, 1.165) is 17.2 Å². The highest BCUT2D eigenvalue weighted by atomic mass is 32.2. The summed E-state index contributed by atoms with van der Waals surface area (Å²) in [6.45, 7) is 6.56. The van der Waals surface area contributed by atoms with Crippen LogP contribution in [0.5, 0.6) is 5.75 Å². The molecule has 1 aliphatic rings. The third-order valence-corrected chi connectivity index (χ3v) is 5.95. The number of thioether (sulfide) groups is 1. The minimum atomic E-state index is 0.0617. The van der Waals surface area contributed by atoms with E-state index in [0.29, 0.717) is 18.9 Å². The number of carbonyl (C=O) groups excluding carboxylic acids is 1. The van der Waals surface area contributed by atoms with Crippen molar-refractivity contribution >= 4 is 17.7 Å². The Hall–Kier alpha value is -1.98. The van der Waals surface area contributed by atoms with Crippen molar-refractivity contribution in [2.24, 2.45) is 0 Å². The van der Waals surface area contributed by atoms with E-state index in [-0.39, 0.29) is 5.91 Å². The Bertz CT molecular complexity index is 743. The van der Waals surface area contributed by atoms with Crippen LogP contribution in [-0.2, 0) is 17.9 Å². The summed E-state index contributed by atoms with van der Waals surface area (Å²) in [5, 5.41) is 3.08. The maximum Gasteiger partial charge on any atom is 0.230 e. The average molecular weight is 399 g/mol. The van der Waals surface area contributed by atoms with Crippen molar-refractivity contribution < 1.29 is 9.53 Å². The molecular weight excluding hydrogens is 368 g/mol. The second-order valence-corrected chi connectivity index (χ2v) is 8.12. The zero-order chi connectivity index (χ0) is 19.6. The van der Waals surface area contributed by atoms with Crippen molar-refractivity contribution in [1.29, 1.82) is 0 Å². The largest absolute Gasteiger partial charge is 0.494 e. The number of hydrogen-bond acceptors (Lipinski definition) is 4. The summed E-state index contributed by atoms with van der Waals surface area (Å²) < 4.78 is 5.45. The lowest BCUT2D eigenvalue weighted by Crippen LogP contribution is -2.30. The molecule has 1 aliphatic heterocycles. The predicted molar refractivity (Wildman–Crippen MR) is 116 cm³/mol. The van der Waals surface area contributed by atoms with E-state index >= 15 is 0 Å². The van der Waals surface area contributed by atoms with Gasteiger partial charge < -0.3 is 10.1 Å². The lowest BCUT2D eigenvalue weighted by molar-refractivity contribution is -0.118. The first-order chi connectivity index (χ1) is 13.7. The molecule has 2 aromatic carbocycles. The van der Waals surface area contributed by atoms with E-state index in [4.69, 9.17) is 4.74 Å². The molecule has 0 radical (unpaired) electrons. The molecule has 5 heteroatoms. The number of amides is 1. The fourth-order valence-electron chi connectivity index (χ4n) is 3.44. The van der Waals surface area contributed by atoms with E-state index in [1.165, 1.54) is 43.5 Å². The summed E-state index contributed by atoms with van der Waals surface area (Å²) in [5.74, 6) is 1.34. The number of nitrogens with one attached hydrogen (secondary N) is 1. The molecule has 1 N–H and O–H groups in total. The topological polar surface area (TPSA) is 41.6 Å². The van der Waals surface area contributed by atoms with Gasteiger partial charge in [-0.1, -0.05) is 30.7 Å². The molecule has 0 aromatic heterocycles. The minimum absolute atomic E-state index is 0.0617. The highest BCUT2D eigenvalue weighted by molar-refractivity contribution is 8.00. The van der Waals surface area contributed by atoms with Gasteiger partial charge in [0.25, 0.3) is 0 Å². The maximum atomic E-state index is 12.3. The molecule has 0 unspecified atom stereocenters. The monoisotopic (exact) mass is 398 g/mol. The van der Waals surface area contributed by atoms with Crippen LogP contribution in [0.3, 0.4) is 0 Å². The number of likely N-dealkylation sites (tertiary alicyclic amines) is 1. The van der Waals surface area contributed by atoms with Gasteiger partial charge in [0, 0.05) is 18.0 Å². The van der Waals surface area contributed by atoms with Gasteiger partial charge in [-0.15, -0.1) is 11.8 Å². The minimum Gasteiger partial charge on any atom is -0.494 e. The Labute approximate surface area is 172 Å². The quantitative estimate of drug-likeness (QED) is 0.633. The summed E-state index contributed by atoms with van der Waals surface area (Å²) in [7, 11) is 0. The molecule has 0 bridgehead atoms. The Kier molecular flexibility index (Phi) is 8.24. The summed E-state index contributed by atoms with van der Waals surface area (Å²) >= 11 is 1.55. The number of nitrogens with zero attached hydrogens (tertiary/aromatic N) is 1. The van der Waals surface area contributed by atoms with Gasteiger partial charge in [-0.25, -0.2) is 0 Å². The lowest BCUT2D eigenvalue weighted by Gasteiger charge is -2.27. The van der Waals surface area contributed by atoms with E-state index in [9.17, 15) is 4.79 Å². The molecule has 28 heavy (non-hydrogen) atoms. The predicted octanol–water partition coefficient (Wildman–Crippen LogP) is 4.48. The molecule has 1 heterocycles. The molecule has 3 rings (SSSR count). The number of carbonyl (C=O) groups is 1. The van der Waals surface area contributed by atoms with Gasteiger partial charge >= 0.3 is 0 Å². The first-order valence-corrected chi connectivity index (χ1v) is 11.1. The molecule has 1 amide bonds. The molecule has 0 aliphatic carbocycles. The third-order valence-electron chi connectivity index (χ3n) is 4.94. The van der Waals surface area contributed by atoms with E-state index < -0.39 is 0 Å². The smallest absolute Gasteiger partial charge is 0.230 e. The molecule has 0 saturated carbocycles. The Morgan fingerprint density at radius 1 is 1.04 bits per heavy atom. The summed E-state index contributed by atoms with van der Waals surface area (Å²) in [6.07, 6.45) is 3.93. The fourth-order valence-corrected chi connectivity index (χ4v) is 4.16. The normalized spacial score (nSPS) is 14.6. The van der Waals surface area contributed by atoms with Gasteiger partial charge in [0.2, 0.25) is 5.91 Å². The maximum absolute atomic E-state index is 12.3. The first-order valence-electron chi connectivity index (χ1n) is 10.2. The van der Waals surface area contributed by atoms with Crippen LogP contribution in [0.25, 0.3) is 0 Å². The number of hydrogen-bond donors (Lipinski definition) is 1. The Morgan fingerprint density at radius 3 is 2.46 bits per heavy atom. The van der Waals surface area contributed by atoms with Gasteiger partial charge in [-0.2, -0.15) is 0 Å². The van der Waals surface area contributed by atoms with Gasteiger partial charge in [-0.3, -0.25) is 9.69 Å². The van der Waals surface area contributed by atoms with E-state index in [1.807, 2.05) is 31.2 Å². The van der Waals surface area contributed by atoms with Crippen LogP contribution in [0.4, 0.5) is 0 Å². The van der Waals surface area contributed by atoms with Crippen LogP contribution in [0, 0.1) is 0 Å². The van der Waals surface area contributed by atoms with Crippen molar-refractivity contribution in [2.45, 2.75) is 44.2 Å². The highest BCUT2D eigenvalue weighted by Gasteiger charge is 2.13. The standard InChI is InChI=1S/C23H30N2O2S/c1-2-27-21-10-12-22(13-11-21)28-18-23(26)24-16-19-8-4-5-9-20(19)17-25-14-6-3-7-15-25/h4-5,8-13H,2-3,6-7,14-18H2,1H3,(H,24,26). The Morgan fingerprint density at radius 2 is 1.75 bits per heavy atom. The van der Waals surface area contributed by atoms with Gasteiger partial charge in [-0.05, 0) is 68.2 Å². The molecular formula is C23H30N2O2S. The molecule has 4 nitrogen and oxygen atoms in total. The molecule has 1 saturated heterocycles. The van der Waals surface area contributed by atoms with Crippen molar-refractivity contribution in [3.05, 3.63) is 59.7 Å². The fraction of sp³-hybridized carbons (Fsp3) is 0.435. The van der Waals surface area contributed by atoms with Crippen LogP contribution in [-0.4, -0.2) is 36.3 Å². The van der Waals surface area contributed by atoms with Crippen LogP contribution in [0.15, 0.2) is 53.4 Å². The molecule has 0 spiro atoms. The number of rotatable bonds is 9. The zero-order valence-electron chi connectivity index (χ0n) is 16.7. The third kappa shape index (κ3) is 6.57. The molecule has 1 fully saturated rings. The van der Waals surface area contributed by atoms with Gasteiger partial charge in [0.1, 0.15) is 5.75 Å². The van der Waals surface area contributed by atoms with Gasteiger partial charge in [0.05, 0.1) is 12.4 Å². The van der Waals surface area contributed by atoms with E-state index in [2.05, 4.69) is 34.5 Å². The van der Waals surface area contributed by atoms with Crippen molar-refractivity contribution in [2.75, 3.05) is 25.4 Å². The molecule has 150 valence electrons. The van der Waals surface area contributed by atoms with Crippen molar-refractivity contribution in [1.82, 2.24) is 10.2 Å². The average Bonchev–Trinajstić information content (AvgIpc) is 2.73. The second kappa shape index (κ2) is 11.1. The van der Waals surface area contributed by atoms with Crippen LogP contribution < -0.4 is 10.1 Å². The van der Waals surface area contributed by atoms with Crippen molar-refractivity contribution in [3.63, 3.8) is 0 Å². The second-order valence-electron chi connectivity index (χ2n) is 7.08. The van der Waals surface area contributed by atoms with Gasteiger partial charge in [0.15, 0.2) is 0 Å². The number of benzene rings is 2. The molecule has 0 atom stereocenters. The summed E-state index contributed by atoms with van der Waals surface area (Å²) in [4.78, 5) is 15.9. The van der Waals surface area contributed by atoms with E-state index in [1.54, 1.807) is 11.8 Å². The van der Waals surface area contributed by atoms with Crippen LogP contribution in [0.1, 0.15) is 37.3 Å². The van der Waals surface area contributed by atoms with Crippen LogP contribution in [0.2, 0.25) is 0 Å². The first kappa shape index (κ1) is 20.7. The SMILES string of the molecule is CCOc1ccc(SCC(=O)NCc2ccccc2CN2CCCCC2)cc1. The summed E-state index contributed by atoms with van der Waals surface area (Å²) in [5.41, 5.74) is 2.54. The highest BCUT2D eigenvalue weighted by Crippen LogP contribution is 2.21. The van der Waals surface area contributed by atoms with Crippen molar-refractivity contribution in [3.8, 4) is 5.75 Å². The number of piperidine rings is 1. The summed E-state index contributed by atoms with van der Waals surface area (Å²) in [6, 6.07) is 16.3. The number of ether oxygens (including phenoxy) is 1. The lowest BCUT2D eigenvalue weighted by atomic mass is 10.0. The molecule has 2 aromatic rings.